The van der Waals surface area contributed by atoms with Crippen LogP contribution in [0.1, 0.15) is 11.6 Å². The minimum atomic E-state index is 0.223. The molecule has 3 rings (SSSR count). The molecule has 18 heavy (non-hydrogen) atoms. The topological polar surface area (TPSA) is 49.3 Å². The van der Waals surface area contributed by atoms with Gasteiger partial charge in [-0.3, -0.25) is 9.97 Å². The number of para-hydroxylation sites is 1. The summed E-state index contributed by atoms with van der Waals surface area (Å²) in [6.45, 7) is 1.53. The predicted octanol–water partition coefficient (Wildman–Crippen LogP) is 2.40. The van der Waals surface area contributed by atoms with Crippen molar-refractivity contribution in [3.8, 4) is 17.0 Å². The Labute approximate surface area is 110 Å². The van der Waals surface area contributed by atoms with Gasteiger partial charge in [-0.25, -0.2) is 4.42 Å². The van der Waals surface area contributed by atoms with Gasteiger partial charge in [-0.2, -0.15) is 0 Å². The number of phenols is 1. The maximum Gasteiger partial charge on any atom is 0.125 e. The normalized spacial score (nSPS) is 16.5. The standard InChI is InChI=1S/C13H12ClN3O/c14-17-7-9(8-17)12-13(16-6-5-15-12)10-3-1-2-4-11(10)18/h1-6,9,18H,7-8H2. The van der Waals surface area contributed by atoms with Gasteiger partial charge in [0.1, 0.15) is 5.75 Å². The van der Waals surface area contributed by atoms with Crippen molar-refractivity contribution in [2.45, 2.75) is 5.92 Å². The third-order valence-corrected chi connectivity index (χ3v) is 3.39. The summed E-state index contributed by atoms with van der Waals surface area (Å²) in [6.07, 6.45) is 3.32. The Morgan fingerprint density at radius 2 is 1.89 bits per heavy atom. The number of aromatic hydroxyl groups is 1. The Hall–Kier alpha value is -1.65. The summed E-state index contributed by atoms with van der Waals surface area (Å²) >= 11 is 5.86. The van der Waals surface area contributed by atoms with Gasteiger partial charge in [0.25, 0.3) is 0 Å². The van der Waals surface area contributed by atoms with Crippen molar-refractivity contribution in [3.05, 3.63) is 42.4 Å². The first-order valence-electron chi connectivity index (χ1n) is 5.75. The molecule has 1 aliphatic heterocycles. The fourth-order valence-corrected chi connectivity index (χ4v) is 2.46. The van der Waals surface area contributed by atoms with Crippen molar-refractivity contribution in [2.75, 3.05) is 13.1 Å². The van der Waals surface area contributed by atoms with Crippen LogP contribution in [0.3, 0.4) is 0 Å². The van der Waals surface area contributed by atoms with E-state index in [9.17, 15) is 5.11 Å². The Balaban J connectivity index is 2.05. The van der Waals surface area contributed by atoms with E-state index >= 15 is 0 Å². The SMILES string of the molecule is Oc1ccccc1-c1nccnc1C1CN(Cl)C1. The van der Waals surface area contributed by atoms with Crippen LogP contribution in [0.2, 0.25) is 0 Å². The molecule has 0 bridgehead atoms. The van der Waals surface area contributed by atoms with Gasteiger partial charge in [0.2, 0.25) is 0 Å². The number of rotatable bonds is 2. The zero-order chi connectivity index (χ0) is 12.5. The summed E-state index contributed by atoms with van der Waals surface area (Å²) in [5.74, 6) is 0.507. The quantitative estimate of drug-likeness (QED) is 0.844. The van der Waals surface area contributed by atoms with Crippen molar-refractivity contribution in [2.24, 2.45) is 0 Å². The zero-order valence-electron chi connectivity index (χ0n) is 9.62. The van der Waals surface area contributed by atoms with Crippen LogP contribution < -0.4 is 0 Å². The van der Waals surface area contributed by atoms with E-state index in [1.807, 2.05) is 12.1 Å². The molecular weight excluding hydrogens is 250 g/mol. The van der Waals surface area contributed by atoms with Crippen molar-refractivity contribution < 1.29 is 5.11 Å². The van der Waals surface area contributed by atoms with Crippen LogP contribution in [-0.4, -0.2) is 32.6 Å². The van der Waals surface area contributed by atoms with Crippen LogP contribution in [0.15, 0.2) is 36.7 Å². The molecule has 2 heterocycles. The molecule has 0 aliphatic carbocycles. The van der Waals surface area contributed by atoms with Crippen LogP contribution in [0.25, 0.3) is 11.3 Å². The van der Waals surface area contributed by atoms with Crippen molar-refractivity contribution in [1.29, 1.82) is 0 Å². The highest BCUT2D eigenvalue weighted by molar-refractivity contribution is 6.13. The lowest BCUT2D eigenvalue weighted by molar-refractivity contribution is 0.274. The summed E-state index contributed by atoms with van der Waals surface area (Å²) in [5.41, 5.74) is 2.36. The largest absolute Gasteiger partial charge is 0.507 e. The Bertz CT molecular complexity index is 570. The average Bonchev–Trinajstić information content (AvgIpc) is 2.36. The number of hydrogen-bond donors (Lipinski definition) is 1. The van der Waals surface area contributed by atoms with E-state index in [0.717, 1.165) is 24.5 Å². The summed E-state index contributed by atoms with van der Waals surface area (Å²) in [6, 6.07) is 7.17. The zero-order valence-corrected chi connectivity index (χ0v) is 10.4. The molecule has 1 fully saturated rings. The Morgan fingerprint density at radius 1 is 1.17 bits per heavy atom. The molecule has 0 unspecified atom stereocenters. The smallest absolute Gasteiger partial charge is 0.125 e. The van der Waals surface area contributed by atoms with Crippen LogP contribution >= 0.6 is 11.8 Å². The van der Waals surface area contributed by atoms with Crippen molar-refractivity contribution in [3.63, 3.8) is 0 Å². The second-order valence-corrected chi connectivity index (χ2v) is 4.81. The van der Waals surface area contributed by atoms with Crippen LogP contribution in [0.5, 0.6) is 5.75 Å². The first-order chi connectivity index (χ1) is 8.75. The Kier molecular flexibility index (Phi) is 2.89. The molecule has 0 atom stereocenters. The molecule has 2 aromatic rings. The molecule has 1 aliphatic rings. The molecule has 0 saturated carbocycles. The lowest BCUT2D eigenvalue weighted by Crippen LogP contribution is -2.38. The number of hydrogen-bond acceptors (Lipinski definition) is 4. The second-order valence-electron chi connectivity index (χ2n) is 4.33. The Morgan fingerprint density at radius 3 is 2.61 bits per heavy atom. The highest BCUT2D eigenvalue weighted by atomic mass is 35.5. The van der Waals surface area contributed by atoms with Gasteiger partial charge in [-0.1, -0.05) is 12.1 Å². The van der Waals surface area contributed by atoms with E-state index in [-0.39, 0.29) is 11.7 Å². The van der Waals surface area contributed by atoms with E-state index in [2.05, 4.69) is 9.97 Å². The average molecular weight is 262 g/mol. The monoisotopic (exact) mass is 261 g/mol. The minimum absolute atomic E-state index is 0.223. The fraction of sp³-hybridized carbons (Fsp3) is 0.231. The van der Waals surface area contributed by atoms with E-state index < -0.39 is 0 Å². The molecule has 1 saturated heterocycles. The van der Waals surface area contributed by atoms with Crippen LogP contribution in [-0.2, 0) is 0 Å². The molecule has 1 N–H and O–H groups in total. The van der Waals surface area contributed by atoms with Gasteiger partial charge in [0.15, 0.2) is 0 Å². The summed E-state index contributed by atoms with van der Waals surface area (Å²) < 4.78 is 1.72. The number of phenolic OH excluding ortho intramolecular Hbond substituents is 1. The second kappa shape index (κ2) is 4.55. The molecule has 1 aromatic heterocycles. The van der Waals surface area contributed by atoms with Gasteiger partial charge in [0, 0.05) is 37.0 Å². The molecule has 0 spiro atoms. The highest BCUT2D eigenvalue weighted by Crippen LogP contribution is 2.35. The number of benzene rings is 1. The first-order valence-corrected chi connectivity index (χ1v) is 6.09. The predicted molar refractivity (Wildman–Crippen MR) is 69.3 cm³/mol. The van der Waals surface area contributed by atoms with Crippen LogP contribution in [0.4, 0.5) is 0 Å². The maximum absolute atomic E-state index is 9.91. The summed E-state index contributed by atoms with van der Waals surface area (Å²) in [7, 11) is 0. The van der Waals surface area contributed by atoms with Crippen molar-refractivity contribution in [1.82, 2.24) is 14.4 Å². The number of aromatic nitrogens is 2. The molecule has 1 aromatic carbocycles. The molecule has 0 radical (unpaired) electrons. The third kappa shape index (κ3) is 1.94. The maximum atomic E-state index is 9.91. The van der Waals surface area contributed by atoms with E-state index in [1.54, 1.807) is 28.9 Å². The minimum Gasteiger partial charge on any atom is -0.507 e. The fourth-order valence-electron chi connectivity index (χ4n) is 2.13. The number of halogens is 1. The van der Waals surface area contributed by atoms with E-state index in [4.69, 9.17) is 11.8 Å². The molecule has 92 valence electrons. The van der Waals surface area contributed by atoms with Gasteiger partial charge in [0.05, 0.1) is 11.4 Å². The molecular formula is C13H12ClN3O. The van der Waals surface area contributed by atoms with Gasteiger partial charge < -0.3 is 5.11 Å². The van der Waals surface area contributed by atoms with Gasteiger partial charge in [-0.05, 0) is 23.9 Å². The lowest BCUT2D eigenvalue weighted by Gasteiger charge is -2.33. The lowest BCUT2D eigenvalue weighted by atomic mass is 9.94. The van der Waals surface area contributed by atoms with Crippen LogP contribution in [0, 0.1) is 0 Å². The summed E-state index contributed by atoms with van der Waals surface area (Å²) in [5, 5.41) is 9.91. The van der Waals surface area contributed by atoms with Crippen molar-refractivity contribution >= 4 is 11.8 Å². The van der Waals surface area contributed by atoms with E-state index in [0.29, 0.717) is 5.56 Å². The third-order valence-electron chi connectivity index (χ3n) is 3.11. The molecule has 4 nitrogen and oxygen atoms in total. The summed E-state index contributed by atoms with van der Waals surface area (Å²) in [4.78, 5) is 8.75. The molecule has 5 heteroatoms. The van der Waals surface area contributed by atoms with Gasteiger partial charge >= 0.3 is 0 Å². The first kappa shape index (κ1) is 11.4. The number of nitrogens with zero attached hydrogens (tertiary/aromatic N) is 3. The van der Waals surface area contributed by atoms with Gasteiger partial charge in [-0.15, -0.1) is 0 Å². The highest BCUT2D eigenvalue weighted by Gasteiger charge is 2.30. The molecule has 0 amide bonds. The van der Waals surface area contributed by atoms with E-state index in [1.165, 1.54) is 0 Å².